The number of thiophene rings is 1. The van der Waals surface area contributed by atoms with Crippen LogP contribution < -0.4 is 5.32 Å². The van der Waals surface area contributed by atoms with E-state index in [1.807, 2.05) is 42.8 Å². The van der Waals surface area contributed by atoms with Crippen LogP contribution in [0.5, 0.6) is 0 Å². The summed E-state index contributed by atoms with van der Waals surface area (Å²) in [5.41, 5.74) is 1.45. The lowest BCUT2D eigenvalue weighted by Gasteiger charge is -2.06. The standard InChI is InChI=1S/C20H21ClN4O3S2/c1-4-14-10-15(19(27)28-3)18(30-14)22-17(26)11-29-20-24-23-16(25(20)2)9-12-5-7-13(21)8-6-12/h5-8,10H,4,9,11H2,1-3H3,(H,22,26). The minimum Gasteiger partial charge on any atom is -0.465 e. The van der Waals surface area contributed by atoms with Crippen LogP contribution in [0.25, 0.3) is 0 Å². The zero-order chi connectivity index (χ0) is 21.7. The average molecular weight is 465 g/mol. The Labute approximate surface area is 187 Å². The maximum Gasteiger partial charge on any atom is 0.340 e. The van der Waals surface area contributed by atoms with Crippen LogP contribution in [0.3, 0.4) is 0 Å². The molecule has 0 spiro atoms. The van der Waals surface area contributed by atoms with E-state index >= 15 is 0 Å². The molecular weight excluding hydrogens is 444 g/mol. The second kappa shape index (κ2) is 10.1. The molecule has 0 atom stereocenters. The third-order valence-corrected chi connectivity index (χ3v) is 6.79. The van der Waals surface area contributed by atoms with E-state index in [0.29, 0.717) is 27.2 Å². The number of esters is 1. The Balaban J connectivity index is 1.61. The van der Waals surface area contributed by atoms with Crippen LogP contribution in [0.1, 0.15) is 33.5 Å². The first kappa shape index (κ1) is 22.3. The first-order valence-electron chi connectivity index (χ1n) is 9.17. The van der Waals surface area contributed by atoms with E-state index in [9.17, 15) is 9.59 Å². The molecule has 0 aliphatic carbocycles. The number of aromatic nitrogens is 3. The number of benzene rings is 1. The number of methoxy groups -OCH3 is 1. The summed E-state index contributed by atoms with van der Waals surface area (Å²) >= 11 is 8.59. The molecular formula is C20H21ClN4O3S2. The van der Waals surface area contributed by atoms with Crippen molar-refractivity contribution in [2.24, 2.45) is 7.05 Å². The van der Waals surface area contributed by atoms with Crippen molar-refractivity contribution in [3.05, 3.63) is 57.2 Å². The maximum absolute atomic E-state index is 12.4. The molecule has 1 amide bonds. The van der Waals surface area contributed by atoms with Crippen molar-refractivity contribution in [1.82, 2.24) is 14.8 Å². The van der Waals surface area contributed by atoms with Gasteiger partial charge in [0.25, 0.3) is 0 Å². The fourth-order valence-electron chi connectivity index (χ4n) is 2.67. The number of hydrogen-bond acceptors (Lipinski definition) is 7. The second-order valence-electron chi connectivity index (χ2n) is 6.40. The van der Waals surface area contributed by atoms with Crippen molar-refractivity contribution in [1.29, 1.82) is 0 Å². The van der Waals surface area contributed by atoms with E-state index < -0.39 is 5.97 Å². The largest absolute Gasteiger partial charge is 0.465 e. The third kappa shape index (κ3) is 5.41. The minimum absolute atomic E-state index is 0.146. The Morgan fingerprint density at radius 1 is 1.27 bits per heavy atom. The second-order valence-corrected chi connectivity index (χ2v) is 8.91. The number of amides is 1. The molecule has 0 radical (unpaired) electrons. The number of carbonyl (C=O) groups excluding carboxylic acids is 2. The summed E-state index contributed by atoms with van der Waals surface area (Å²) in [5.74, 6) is 0.248. The van der Waals surface area contributed by atoms with Crippen molar-refractivity contribution in [2.75, 3.05) is 18.2 Å². The molecule has 10 heteroatoms. The van der Waals surface area contributed by atoms with Crippen molar-refractivity contribution in [3.63, 3.8) is 0 Å². The van der Waals surface area contributed by atoms with Crippen molar-refractivity contribution < 1.29 is 14.3 Å². The molecule has 0 unspecified atom stereocenters. The zero-order valence-corrected chi connectivity index (χ0v) is 19.2. The molecule has 0 aliphatic rings. The van der Waals surface area contributed by atoms with E-state index in [0.717, 1.165) is 22.7 Å². The van der Waals surface area contributed by atoms with Crippen molar-refractivity contribution >= 4 is 51.6 Å². The zero-order valence-electron chi connectivity index (χ0n) is 16.8. The number of anilines is 1. The van der Waals surface area contributed by atoms with Gasteiger partial charge >= 0.3 is 5.97 Å². The number of aryl methyl sites for hydroxylation is 1. The molecule has 3 rings (SSSR count). The molecule has 158 valence electrons. The summed E-state index contributed by atoms with van der Waals surface area (Å²) in [6, 6.07) is 9.32. The van der Waals surface area contributed by atoms with Gasteiger partial charge in [-0.15, -0.1) is 21.5 Å². The molecule has 0 saturated heterocycles. The van der Waals surface area contributed by atoms with E-state index in [1.165, 1.54) is 30.2 Å². The van der Waals surface area contributed by atoms with Gasteiger partial charge in [0.05, 0.1) is 18.4 Å². The fourth-order valence-corrected chi connectivity index (χ4v) is 4.53. The normalized spacial score (nSPS) is 10.8. The van der Waals surface area contributed by atoms with Gasteiger partial charge in [0, 0.05) is 23.4 Å². The van der Waals surface area contributed by atoms with E-state index in [4.69, 9.17) is 16.3 Å². The first-order valence-corrected chi connectivity index (χ1v) is 11.4. The lowest BCUT2D eigenvalue weighted by atomic mass is 10.1. The lowest BCUT2D eigenvalue weighted by Crippen LogP contribution is -2.16. The molecule has 0 bridgehead atoms. The van der Waals surface area contributed by atoms with Crippen LogP contribution in [0.4, 0.5) is 5.00 Å². The van der Waals surface area contributed by atoms with Gasteiger partial charge in [-0.1, -0.05) is 42.4 Å². The molecule has 7 nitrogen and oxygen atoms in total. The summed E-state index contributed by atoms with van der Waals surface area (Å²) in [7, 11) is 3.19. The van der Waals surface area contributed by atoms with E-state index in [-0.39, 0.29) is 11.7 Å². The van der Waals surface area contributed by atoms with Crippen LogP contribution in [-0.2, 0) is 29.4 Å². The van der Waals surface area contributed by atoms with Crippen LogP contribution in [0.15, 0.2) is 35.5 Å². The predicted molar refractivity (Wildman–Crippen MR) is 120 cm³/mol. The number of hydrogen-bond donors (Lipinski definition) is 1. The predicted octanol–water partition coefficient (Wildman–Crippen LogP) is 4.20. The average Bonchev–Trinajstić information content (AvgIpc) is 3.31. The Morgan fingerprint density at radius 3 is 2.67 bits per heavy atom. The highest BCUT2D eigenvalue weighted by Gasteiger charge is 2.19. The van der Waals surface area contributed by atoms with Gasteiger partial charge in [0.15, 0.2) is 5.16 Å². The van der Waals surface area contributed by atoms with Gasteiger partial charge in [-0.05, 0) is 30.2 Å². The molecule has 0 fully saturated rings. The monoisotopic (exact) mass is 464 g/mol. The Bertz CT molecular complexity index is 1050. The summed E-state index contributed by atoms with van der Waals surface area (Å²) in [5, 5.41) is 13.1. The van der Waals surface area contributed by atoms with Gasteiger partial charge in [-0.3, -0.25) is 4.79 Å². The van der Waals surface area contributed by atoms with Gasteiger partial charge < -0.3 is 14.6 Å². The number of carbonyl (C=O) groups is 2. The summed E-state index contributed by atoms with van der Waals surface area (Å²) in [6.07, 6.45) is 1.39. The number of rotatable bonds is 8. The van der Waals surface area contributed by atoms with Gasteiger partial charge in [-0.2, -0.15) is 0 Å². The van der Waals surface area contributed by atoms with Gasteiger partial charge in [0.2, 0.25) is 5.91 Å². The van der Waals surface area contributed by atoms with Crippen LogP contribution in [0.2, 0.25) is 5.02 Å². The summed E-state index contributed by atoms with van der Waals surface area (Å²) in [6.45, 7) is 1.99. The molecule has 1 aromatic carbocycles. The molecule has 1 N–H and O–H groups in total. The fraction of sp³-hybridized carbons (Fsp3) is 0.300. The lowest BCUT2D eigenvalue weighted by molar-refractivity contribution is -0.113. The van der Waals surface area contributed by atoms with E-state index in [1.54, 1.807) is 6.07 Å². The molecule has 2 heterocycles. The molecule has 2 aromatic heterocycles. The van der Waals surface area contributed by atoms with Gasteiger partial charge in [-0.25, -0.2) is 4.79 Å². The Hall–Kier alpha value is -2.36. The third-order valence-electron chi connectivity index (χ3n) is 4.32. The number of nitrogens with one attached hydrogen (secondary N) is 1. The number of ether oxygens (including phenoxy) is 1. The highest BCUT2D eigenvalue weighted by atomic mass is 35.5. The maximum atomic E-state index is 12.4. The number of nitrogens with zero attached hydrogens (tertiary/aromatic N) is 3. The SMILES string of the molecule is CCc1cc(C(=O)OC)c(NC(=O)CSc2nnc(Cc3ccc(Cl)cc3)n2C)s1. The van der Waals surface area contributed by atoms with Gasteiger partial charge in [0.1, 0.15) is 10.8 Å². The van der Waals surface area contributed by atoms with Crippen LogP contribution >= 0.6 is 34.7 Å². The molecule has 0 saturated carbocycles. The molecule has 0 aliphatic heterocycles. The quantitative estimate of drug-likeness (QED) is 0.397. The summed E-state index contributed by atoms with van der Waals surface area (Å²) < 4.78 is 6.67. The Morgan fingerprint density at radius 2 is 2.00 bits per heavy atom. The van der Waals surface area contributed by atoms with Crippen molar-refractivity contribution in [3.8, 4) is 0 Å². The van der Waals surface area contributed by atoms with Crippen molar-refractivity contribution in [2.45, 2.75) is 24.9 Å². The number of halogens is 1. The highest BCUT2D eigenvalue weighted by molar-refractivity contribution is 7.99. The van der Waals surface area contributed by atoms with Crippen LogP contribution in [-0.4, -0.2) is 39.5 Å². The highest BCUT2D eigenvalue weighted by Crippen LogP contribution is 2.29. The summed E-state index contributed by atoms with van der Waals surface area (Å²) in [4.78, 5) is 25.4. The molecule has 30 heavy (non-hydrogen) atoms. The molecule has 3 aromatic rings. The topological polar surface area (TPSA) is 86.1 Å². The Kier molecular flexibility index (Phi) is 7.52. The first-order chi connectivity index (χ1) is 14.4. The minimum atomic E-state index is -0.464. The smallest absolute Gasteiger partial charge is 0.340 e. The van der Waals surface area contributed by atoms with E-state index in [2.05, 4.69) is 15.5 Å². The number of thioether (sulfide) groups is 1. The van der Waals surface area contributed by atoms with Crippen LogP contribution in [0, 0.1) is 0 Å².